The number of nitrogens with one attached hydrogen (secondary N) is 2. The molecule has 0 aliphatic heterocycles. The molecule has 0 heterocycles. The zero-order chi connectivity index (χ0) is 14.2. The summed E-state index contributed by atoms with van der Waals surface area (Å²) in [5, 5.41) is 5.71. The van der Waals surface area contributed by atoms with Gasteiger partial charge >= 0.3 is 0 Å². The highest BCUT2D eigenvalue weighted by molar-refractivity contribution is 5.83. The van der Waals surface area contributed by atoms with Gasteiger partial charge in [-0.3, -0.25) is 9.59 Å². The van der Waals surface area contributed by atoms with Gasteiger partial charge in [-0.05, 0) is 62.7 Å². The van der Waals surface area contributed by atoms with E-state index in [-0.39, 0.29) is 17.2 Å². The van der Waals surface area contributed by atoms with E-state index in [1.54, 1.807) is 7.05 Å². The number of rotatable bonds is 5. The summed E-state index contributed by atoms with van der Waals surface area (Å²) in [5.41, 5.74) is -0.0538. The van der Waals surface area contributed by atoms with Crippen LogP contribution in [0.4, 0.5) is 0 Å². The Bertz CT molecular complexity index is 370. The minimum Gasteiger partial charge on any atom is -0.359 e. The molecular weight excluding hydrogens is 252 g/mol. The van der Waals surface area contributed by atoms with Crippen LogP contribution in [0.15, 0.2) is 0 Å². The molecule has 0 atom stereocenters. The van der Waals surface area contributed by atoms with Crippen molar-refractivity contribution in [1.29, 1.82) is 0 Å². The van der Waals surface area contributed by atoms with Gasteiger partial charge in [-0.15, -0.1) is 0 Å². The van der Waals surface area contributed by atoms with Gasteiger partial charge in [0.25, 0.3) is 0 Å². The second kappa shape index (κ2) is 5.38. The van der Waals surface area contributed by atoms with Crippen molar-refractivity contribution in [3.05, 3.63) is 0 Å². The topological polar surface area (TPSA) is 58.2 Å². The average molecular weight is 278 g/mol. The Morgan fingerprint density at radius 2 is 1.60 bits per heavy atom. The zero-order valence-electron chi connectivity index (χ0n) is 12.4. The van der Waals surface area contributed by atoms with E-state index < -0.39 is 0 Å². The highest BCUT2D eigenvalue weighted by Crippen LogP contribution is 2.60. The van der Waals surface area contributed by atoms with Crippen LogP contribution in [0.2, 0.25) is 0 Å². The van der Waals surface area contributed by atoms with Gasteiger partial charge in [-0.2, -0.15) is 0 Å². The second-order valence-corrected chi connectivity index (χ2v) is 7.23. The van der Waals surface area contributed by atoms with Crippen LogP contribution >= 0.6 is 0 Å². The molecule has 112 valence electrons. The van der Waals surface area contributed by atoms with Crippen LogP contribution in [0.25, 0.3) is 0 Å². The number of hydrogen-bond donors (Lipinski definition) is 2. The Hall–Kier alpha value is -1.06. The van der Waals surface area contributed by atoms with Crippen molar-refractivity contribution in [2.75, 3.05) is 13.6 Å². The third kappa shape index (κ3) is 2.57. The maximum absolute atomic E-state index is 12.6. The molecule has 4 rings (SSSR count). The lowest BCUT2D eigenvalue weighted by atomic mass is 9.49. The molecule has 4 fully saturated rings. The van der Waals surface area contributed by atoms with Gasteiger partial charge in [-0.1, -0.05) is 0 Å². The molecule has 0 aromatic rings. The first-order chi connectivity index (χ1) is 9.61. The Morgan fingerprint density at radius 1 is 1.05 bits per heavy atom. The van der Waals surface area contributed by atoms with Crippen molar-refractivity contribution in [2.45, 2.75) is 51.4 Å². The van der Waals surface area contributed by atoms with E-state index in [0.29, 0.717) is 13.0 Å². The van der Waals surface area contributed by atoms with Crippen molar-refractivity contribution in [3.63, 3.8) is 0 Å². The second-order valence-electron chi connectivity index (χ2n) is 7.23. The van der Waals surface area contributed by atoms with Gasteiger partial charge in [0, 0.05) is 25.4 Å². The molecule has 4 aliphatic carbocycles. The molecule has 0 radical (unpaired) electrons. The monoisotopic (exact) mass is 278 g/mol. The fraction of sp³-hybridized carbons (Fsp3) is 0.875. The van der Waals surface area contributed by atoms with E-state index in [0.717, 1.165) is 43.4 Å². The predicted octanol–water partition coefficient (Wildman–Crippen LogP) is 1.85. The lowest BCUT2D eigenvalue weighted by Gasteiger charge is -2.55. The molecule has 4 saturated carbocycles. The van der Waals surface area contributed by atoms with Gasteiger partial charge in [0.15, 0.2) is 0 Å². The Kier molecular flexibility index (Phi) is 3.74. The van der Waals surface area contributed by atoms with Crippen LogP contribution in [-0.2, 0) is 9.59 Å². The van der Waals surface area contributed by atoms with Crippen molar-refractivity contribution in [1.82, 2.24) is 10.6 Å². The molecule has 0 saturated heterocycles. The van der Waals surface area contributed by atoms with E-state index >= 15 is 0 Å². The first-order valence-electron chi connectivity index (χ1n) is 8.10. The highest BCUT2D eigenvalue weighted by atomic mass is 16.2. The maximum atomic E-state index is 12.6. The molecule has 20 heavy (non-hydrogen) atoms. The summed E-state index contributed by atoms with van der Waals surface area (Å²) in [5.74, 6) is 2.73. The number of carbonyl (C=O) groups is 2. The first kappa shape index (κ1) is 13.9. The summed E-state index contributed by atoms with van der Waals surface area (Å²) in [6, 6.07) is 0. The maximum Gasteiger partial charge on any atom is 0.226 e. The van der Waals surface area contributed by atoms with Crippen LogP contribution < -0.4 is 10.6 Å². The van der Waals surface area contributed by atoms with Gasteiger partial charge in [-0.25, -0.2) is 0 Å². The summed E-state index contributed by atoms with van der Waals surface area (Å²) in [6.07, 6.45) is 8.66. The van der Waals surface area contributed by atoms with E-state index in [1.165, 1.54) is 19.3 Å². The third-order valence-corrected chi connectivity index (χ3v) is 5.66. The van der Waals surface area contributed by atoms with Crippen LogP contribution in [0, 0.1) is 23.2 Å². The average Bonchev–Trinajstić information content (AvgIpc) is 2.41. The van der Waals surface area contributed by atoms with Crippen LogP contribution in [0.3, 0.4) is 0 Å². The van der Waals surface area contributed by atoms with Crippen molar-refractivity contribution in [2.24, 2.45) is 23.2 Å². The lowest BCUT2D eigenvalue weighted by molar-refractivity contribution is -0.146. The van der Waals surface area contributed by atoms with E-state index in [9.17, 15) is 9.59 Å². The number of carbonyl (C=O) groups excluding carboxylic acids is 2. The van der Waals surface area contributed by atoms with Crippen LogP contribution in [0.1, 0.15) is 51.4 Å². The minimum atomic E-state index is -0.0538. The predicted molar refractivity (Wildman–Crippen MR) is 76.9 cm³/mol. The van der Waals surface area contributed by atoms with Crippen molar-refractivity contribution in [3.8, 4) is 0 Å². The molecule has 4 bridgehead atoms. The molecule has 4 heteroatoms. The molecule has 0 spiro atoms. The SMILES string of the molecule is CNC(=O)CCCNC(=O)C12CC3CC(CC(C3)C1)C2. The summed E-state index contributed by atoms with van der Waals surface area (Å²) >= 11 is 0. The normalized spacial score (nSPS) is 37.8. The van der Waals surface area contributed by atoms with E-state index in [4.69, 9.17) is 0 Å². The molecule has 0 unspecified atom stereocenters. The van der Waals surface area contributed by atoms with Gasteiger partial charge in [0.05, 0.1) is 0 Å². The van der Waals surface area contributed by atoms with Gasteiger partial charge in [0.2, 0.25) is 11.8 Å². The van der Waals surface area contributed by atoms with Crippen LogP contribution in [-0.4, -0.2) is 25.4 Å². The smallest absolute Gasteiger partial charge is 0.226 e. The molecule has 2 N–H and O–H groups in total. The van der Waals surface area contributed by atoms with Crippen molar-refractivity contribution >= 4 is 11.8 Å². The summed E-state index contributed by atoms with van der Waals surface area (Å²) in [4.78, 5) is 23.8. The molecule has 2 amide bonds. The fourth-order valence-electron chi connectivity index (χ4n) is 5.15. The third-order valence-electron chi connectivity index (χ3n) is 5.66. The van der Waals surface area contributed by atoms with E-state index in [2.05, 4.69) is 10.6 Å². The van der Waals surface area contributed by atoms with E-state index in [1.807, 2.05) is 0 Å². The number of amides is 2. The molecule has 0 aromatic carbocycles. The standard InChI is InChI=1S/C16H26N2O2/c1-17-14(19)3-2-4-18-15(20)16-8-11-5-12(9-16)7-13(6-11)10-16/h11-13H,2-10H2,1H3,(H,17,19)(H,18,20). The minimum absolute atomic E-state index is 0.0500. The summed E-state index contributed by atoms with van der Waals surface area (Å²) in [7, 11) is 1.65. The molecule has 4 nitrogen and oxygen atoms in total. The first-order valence-corrected chi connectivity index (χ1v) is 8.10. The lowest BCUT2D eigenvalue weighted by Crippen LogP contribution is -2.53. The van der Waals surface area contributed by atoms with Gasteiger partial charge in [0.1, 0.15) is 0 Å². The summed E-state index contributed by atoms with van der Waals surface area (Å²) in [6.45, 7) is 0.633. The van der Waals surface area contributed by atoms with Crippen molar-refractivity contribution < 1.29 is 9.59 Å². The number of hydrogen-bond acceptors (Lipinski definition) is 2. The summed E-state index contributed by atoms with van der Waals surface area (Å²) < 4.78 is 0. The quantitative estimate of drug-likeness (QED) is 0.754. The Morgan fingerprint density at radius 3 is 2.10 bits per heavy atom. The largest absolute Gasteiger partial charge is 0.359 e. The highest BCUT2D eigenvalue weighted by Gasteiger charge is 2.54. The molecular formula is C16H26N2O2. The fourth-order valence-corrected chi connectivity index (χ4v) is 5.15. The molecule has 4 aliphatic rings. The Labute approximate surface area is 121 Å². The Balaban J connectivity index is 1.51. The van der Waals surface area contributed by atoms with Crippen LogP contribution in [0.5, 0.6) is 0 Å². The zero-order valence-corrected chi connectivity index (χ0v) is 12.4. The van der Waals surface area contributed by atoms with Gasteiger partial charge < -0.3 is 10.6 Å². The molecule has 0 aromatic heterocycles.